The number of aromatic nitrogens is 1. The number of aryl methyl sites for hydroxylation is 2. The van der Waals surface area contributed by atoms with Gasteiger partial charge in [0.25, 0.3) is 0 Å². The Labute approximate surface area is 114 Å². The Kier molecular flexibility index (Phi) is 2.91. The zero-order chi connectivity index (χ0) is 13.4. The van der Waals surface area contributed by atoms with E-state index in [9.17, 15) is 4.79 Å². The molecule has 4 nitrogen and oxygen atoms in total. The summed E-state index contributed by atoms with van der Waals surface area (Å²) in [6, 6.07) is 7.79. The fourth-order valence-electron chi connectivity index (χ4n) is 2.12. The van der Waals surface area contributed by atoms with Crippen LogP contribution in [0.25, 0.3) is 11.1 Å². The van der Waals surface area contributed by atoms with Crippen molar-refractivity contribution in [3.05, 3.63) is 50.1 Å². The molecule has 2 aromatic heterocycles. The molecule has 0 radical (unpaired) electrons. The van der Waals surface area contributed by atoms with Gasteiger partial charge in [-0.25, -0.2) is 4.79 Å². The van der Waals surface area contributed by atoms with Crippen molar-refractivity contribution in [2.24, 2.45) is 0 Å². The lowest BCUT2D eigenvalue weighted by atomic mass is 10.2. The van der Waals surface area contributed by atoms with Gasteiger partial charge in [-0.2, -0.15) is 0 Å². The number of oxazole rings is 1. The zero-order valence-corrected chi connectivity index (χ0v) is 11.6. The Morgan fingerprint density at radius 1 is 1.32 bits per heavy atom. The molecule has 0 aliphatic carbocycles. The van der Waals surface area contributed by atoms with Gasteiger partial charge in [0, 0.05) is 22.0 Å². The highest BCUT2D eigenvalue weighted by molar-refractivity contribution is 7.12. The first-order chi connectivity index (χ1) is 9.11. The highest BCUT2D eigenvalue weighted by Crippen LogP contribution is 2.22. The van der Waals surface area contributed by atoms with Crippen LogP contribution in [-0.2, 0) is 6.54 Å². The van der Waals surface area contributed by atoms with Crippen molar-refractivity contribution in [3.8, 4) is 0 Å². The second-order valence-electron chi connectivity index (χ2n) is 4.52. The molecule has 0 bridgehead atoms. The first-order valence-electron chi connectivity index (χ1n) is 6.04. The van der Waals surface area contributed by atoms with Crippen LogP contribution < -0.4 is 11.1 Å². The van der Waals surface area contributed by atoms with Gasteiger partial charge in [-0.1, -0.05) is 0 Å². The first kappa shape index (κ1) is 12.0. The Morgan fingerprint density at radius 2 is 2.16 bits per heavy atom. The van der Waals surface area contributed by atoms with Crippen molar-refractivity contribution < 1.29 is 4.42 Å². The lowest BCUT2D eigenvalue weighted by Crippen LogP contribution is -1.99. The van der Waals surface area contributed by atoms with Gasteiger partial charge in [0.1, 0.15) is 0 Å². The van der Waals surface area contributed by atoms with Crippen LogP contribution in [0.5, 0.6) is 0 Å². The van der Waals surface area contributed by atoms with Crippen LogP contribution in [0, 0.1) is 13.8 Å². The maximum absolute atomic E-state index is 11.1. The largest absolute Gasteiger partial charge is 0.417 e. The van der Waals surface area contributed by atoms with Crippen LogP contribution in [0.15, 0.2) is 33.5 Å². The molecule has 0 spiro atoms. The minimum atomic E-state index is -0.420. The van der Waals surface area contributed by atoms with Crippen molar-refractivity contribution >= 4 is 28.1 Å². The van der Waals surface area contributed by atoms with E-state index >= 15 is 0 Å². The highest BCUT2D eigenvalue weighted by atomic mass is 32.1. The molecule has 1 aromatic carbocycles. The van der Waals surface area contributed by atoms with Crippen molar-refractivity contribution in [1.29, 1.82) is 0 Å². The van der Waals surface area contributed by atoms with Crippen LogP contribution in [0.2, 0.25) is 0 Å². The van der Waals surface area contributed by atoms with E-state index in [1.807, 2.05) is 23.5 Å². The molecule has 0 aliphatic heterocycles. The highest BCUT2D eigenvalue weighted by Gasteiger charge is 2.04. The van der Waals surface area contributed by atoms with Gasteiger partial charge in [-0.15, -0.1) is 11.3 Å². The summed E-state index contributed by atoms with van der Waals surface area (Å²) in [5, 5.41) is 3.36. The maximum Gasteiger partial charge on any atom is 0.417 e. The Balaban J connectivity index is 1.81. The molecule has 0 saturated carbocycles. The number of hydrogen-bond donors (Lipinski definition) is 2. The number of H-pyrrole nitrogens is 1. The minimum absolute atomic E-state index is 0.420. The molecule has 0 saturated heterocycles. The second kappa shape index (κ2) is 4.59. The van der Waals surface area contributed by atoms with Gasteiger partial charge in [-0.05, 0) is 43.7 Å². The Morgan fingerprint density at radius 3 is 2.89 bits per heavy atom. The lowest BCUT2D eigenvalue weighted by molar-refractivity contribution is 0.555. The Bertz CT molecular complexity index is 782. The van der Waals surface area contributed by atoms with Crippen LogP contribution in [0.1, 0.15) is 15.3 Å². The third kappa shape index (κ3) is 2.42. The first-order valence-corrected chi connectivity index (χ1v) is 6.86. The molecule has 0 unspecified atom stereocenters. The number of benzene rings is 1. The molecule has 5 heteroatoms. The summed E-state index contributed by atoms with van der Waals surface area (Å²) in [6.07, 6.45) is 0. The molecule has 0 atom stereocenters. The monoisotopic (exact) mass is 274 g/mol. The van der Waals surface area contributed by atoms with Gasteiger partial charge in [0.05, 0.1) is 5.52 Å². The molecule has 19 heavy (non-hydrogen) atoms. The van der Waals surface area contributed by atoms with Gasteiger partial charge < -0.3 is 9.73 Å². The van der Waals surface area contributed by atoms with E-state index in [1.165, 1.54) is 15.3 Å². The van der Waals surface area contributed by atoms with Crippen molar-refractivity contribution in [3.63, 3.8) is 0 Å². The summed E-state index contributed by atoms with van der Waals surface area (Å²) >= 11 is 1.81. The van der Waals surface area contributed by atoms with Crippen LogP contribution in [-0.4, -0.2) is 4.98 Å². The fourth-order valence-corrected chi connectivity index (χ4v) is 3.06. The molecular formula is C14H14N2O2S. The number of aromatic amines is 1. The summed E-state index contributed by atoms with van der Waals surface area (Å²) < 4.78 is 4.97. The molecule has 3 aromatic rings. The average Bonchev–Trinajstić information content (AvgIpc) is 2.87. The number of fused-ring (bicyclic) bond motifs is 1. The van der Waals surface area contributed by atoms with Gasteiger partial charge in [0.15, 0.2) is 5.58 Å². The van der Waals surface area contributed by atoms with E-state index in [2.05, 4.69) is 30.2 Å². The number of hydrogen-bond acceptors (Lipinski definition) is 4. The van der Waals surface area contributed by atoms with E-state index in [0.717, 1.165) is 12.2 Å². The topological polar surface area (TPSA) is 58.0 Å². The molecule has 2 N–H and O–H groups in total. The maximum atomic E-state index is 11.1. The van der Waals surface area contributed by atoms with Gasteiger partial charge >= 0.3 is 5.76 Å². The molecular weight excluding hydrogens is 260 g/mol. The predicted molar refractivity (Wildman–Crippen MR) is 78.0 cm³/mol. The quantitative estimate of drug-likeness (QED) is 0.769. The standard InChI is InChI=1S/C14H14N2O2S/c1-8-5-10(9(2)19-8)7-15-11-3-4-13-12(6-11)16-14(17)18-13/h3-6,15H,7H2,1-2H3,(H,16,17). The summed E-state index contributed by atoms with van der Waals surface area (Å²) in [7, 11) is 0. The molecule has 2 heterocycles. The summed E-state index contributed by atoms with van der Waals surface area (Å²) in [5.74, 6) is -0.420. The van der Waals surface area contributed by atoms with E-state index in [-0.39, 0.29) is 0 Å². The van der Waals surface area contributed by atoms with Crippen molar-refractivity contribution in [1.82, 2.24) is 4.98 Å². The van der Waals surface area contributed by atoms with E-state index < -0.39 is 5.76 Å². The number of rotatable bonds is 3. The van der Waals surface area contributed by atoms with Gasteiger partial charge in [0.2, 0.25) is 0 Å². The van der Waals surface area contributed by atoms with E-state index in [1.54, 1.807) is 6.07 Å². The molecule has 0 aliphatic rings. The van der Waals surface area contributed by atoms with Crippen molar-refractivity contribution in [2.75, 3.05) is 5.32 Å². The summed E-state index contributed by atoms with van der Waals surface area (Å²) in [4.78, 5) is 16.4. The SMILES string of the molecule is Cc1cc(CNc2ccc3oc(=O)[nH]c3c2)c(C)s1. The van der Waals surface area contributed by atoms with E-state index in [0.29, 0.717) is 11.1 Å². The smallest absolute Gasteiger partial charge is 0.408 e. The normalized spacial score (nSPS) is 11.1. The van der Waals surface area contributed by atoms with Crippen LogP contribution in [0.4, 0.5) is 5.69 Å². The third-order valence-corrected chi connectivity index (χ3v) is 4.05. The Hall–Kier alpha value is -2.01. The fraction of sp³-hybridized carbons (Fsp3) is 0.214. The second-order valence-corrected chi connectivity index (χ2v) is 5.98. The molecule has 98 valence electrons. The summed E-state index contributed by atoms with van der Waals surface area (Å²) in [6.45, 7) is 5.03. The number of anilines is 1. The molecule has 0 amide bonds. The predicted octanol–water partition coefficient (Wildman–Crippen LogP) is 3.41. The lowest BCUT2D eigenvalue weighted by Gasteiger charge is -2.05. The third-order valence-electron chi connectivity index (χ3n) is 3.05. The van der Waals surface area contributed by atoms with Crippen LogP contribution in [0.3, 0.4) is 0 Å². The molecule has 0 fully saturated rings. The number of thiophene rings is 1. The zero-order valence-electron chi connectivity index (χ0n) is 10.7. The molecule has 3 rings (SSSR count). The van der Waals surface area contributed by atoms with Gasteiger partial charge in [-0.3, -0.25) is 4.98 Å². The summed E-state index contributed by atoms with van der Waals surface area (Å²) in [5.41, 5.74) is 3.57. The van der Waals surface area contributed by atoms with Crippen LogP contribution >= 0.6 is 11.3 Å². The van der Waals surface area contributed by atoms with E-state index in [4.69, 9.17) is 4.42 Å². The number of nitrogens with one attached hydrogen (secondary N) is 2. The minimum Gasteiger partial charge on any atom is -0.408 e. The average molecular weight is 274 g/mol. The van der Waals surface area contributed by atoms with Crippen molar-refractivity contribution in [2.45, 2.75) is 20.4 Å².